The maximum atomic E-state index is 13.2. The highest BCUT2D eigenvalue weighted by molar-refractivity contribution is 7.99. The maximum Gasteiger partial charge on any atom is 0.134 e. The van der Waals surface area contributed by atoms with Gasteiger partial charge in [0.05, 0.1) is 12.1 Å². The largest absolute Gasteiger partial charge is 0.460 e. The average Bonchev–Trinajstić information content (AvgIpc) is 3.09. The molecule has 2 aromatic rings. The molecule has 1 aliphatic rings. The monoisotopic (exact) mass is 321 g/mol. The number of nitrogens with one attached hydrogen (secondary N) is 1. The summed E-state index contributed by atoms with van der Waals surface area (Å²) in [6, 6.07) is 8.49. The third-order valence-electron chi connectivity index (χ3n) is 3.95. The number of rotatable bonds is 5. The van der Waals surface area contributed by atoms with Gasteiger partial charge in [-0.2, -0.15) is 11.8 Å². The van der Waals surface area contributed by atoms with E-state index < -0.39 is 5.60 Å². The summed E-state index contributed by atoms with van der Waals surface area (Å²) < 4.78 is 19.0. The molecule has 5 heteroatoms. The Bertz CT molecular complexity index is 650. The lowest BCUT2D eigenvalue weighted by Crippen LogP contribution is -2.40. The summed E-state index contributed by atoms with van der Waals surface area (Å²) in [6.45, 7) is 3.02. The van der Waals surface area contributed by atoms with Crippen molar-refractivity contribution in [2.45, 2.75) is 25.5 Å². The zero-order valence-corrected chi connectivity index (χ0v) is 13.4. The number of thioether (sulfide) groups is 1. The van der Waals surface area contributed by atoms with Crippen molar-refractivity contribution < 1.29 is 13.9 Å². The number of halogens is 1. The molecule has 1 aromatic carbocycles. The summed E-state index contributed by atoms with van der Waals surface area (Å²) in [5.74, 6) is 3.13. The van der Waals surface area contributed by atoms with Crippen LogP contribution in [0, 0.1) is 12.7 Å². The minimum Gasteiger partial charge on any atom is -0.460 e. The van der Waals surface area contributed by atoms with E-state index in [1.54, 1.807) is 17.8 Å². The molecule has 1 unspecified atom stereocenters. The molecule has 2 N–H and O–H groups in total. The fourth-order valence-electron chi connectivity index (χ4n) is 2.68. The SMILES string of the molecule is Cc1cc(F)ccc1-c1ccc(CNCC2(O)CCSC2)o1. The zero-order chi connectivity index (χ0) is 15.6. The van der Waals surface area contributed by atoms with E-state index in [9.17, 15) is 9.50 Å². The van der Waals surface area contributed by atoms with Crippen LogP contribution in [0.4, 0.5) is 4.39 Å². The van der Waals surface area contributed by atoms with E-state index in [-0.39, 0.29) is 5.82 Å². The Morgan fingerprint density at radius 1 is 1.36 bits per heavy atom. The van der Waals surface area contributed by atoms with Gasteiger partial charge in [0.15, 0.2) is 0 Å². The molecule has 0 amide bonds. The van der Waals surface area contributed by atoms with Gasteiger partial charge in [-0.3, -0.25) is 0 Å². The number of aryl methyl sites for hydroxylation is 1. The van der Waals surface area contributed by atoms with Crippen molar-refractivity contribution in [3.05, 3.63) is 47.5 Å². The van der Waals surface area contributed by atoms with Gasteiger partial charge in [0.2, 0.25) is 0 Å². The van der Waals surface area contributed by atoms with Crippen LogP contribution in [-0.4, -0.2) is 28.8 Å². The second kappa shape index (κ2) is 6.44. The van der Waals surface area contributed by atoms with Gasteiger partial charge in [0, 0.05) is 17.9 Å². The summed E-state index contributed by atoms with van der Waals surface area (Å²) in [7, 11) is 0. The lowest BCUT2D eigenvalue weighted by Gasteiger charge is -2.21. The first-order valence-electron chi connectivity index (χ1n) is 7.42. The van der Waals surface area contributed by atoms with Crippen LogP contribution >= 0.6 is 11.8 Å². The topological polar surface area (TPSA) is 45.4 Å². The molecule has 0 aliphatic carbocycles. The van der Waals surface area contributed by atoms with Crippen molar-refractivity contribution in [3.63, 3.8) is 0 Å². The fourth-order valence-corrected chi connectivity index (χ4v) is 3.97. The highest BCUT2D eigenvalue weighted by Gasteiger charge is 2.31. The van der Waals surface area contributed by atoms with Gasteiger partial charge < -0.3 is 14.8 Å². The van der Waals surface area contributed by atoms with Gasteiger partial charge in [-0.1, -0.05) is 0 Å². The second-order valence-electron chi connectivity index (χ2n) is 5.86. The molecule has 0 spiro atoms. The van der Waals surface area contributed by atoms with Gasteiger partial charge in [0.1, 0.15) is 17.3 Å². The molecule has 2 heterocycles. The first kappa shape index (κ1) is 15.6. The Kier molecular flexibility index (Phi) is 4.57. The minimum absolute atomic E-state index is 0.239. The number of hydrogen-bond acceptors (Lipinski definition) is 4. The lowest BCUT2D eigenvalue weighted by atomic mass is 10.0. The Labute approximate surface area is 133 Å². The Morgan fingerprint density at radius 3 is 2.95 bits per heavy atom. The highest BCUT2D eigenvalue weighted by Crippen LogP contribution is 2.28. The van der Waals surface area contributed by atoms with E-state index in [4.69, 9.17) is 4.42 Å². The molecule has 1 aliphatic heterocycles. The molecule has 0 saturated carbocycles. The second-order valence-corrected chi connectivity index (χ2v) is 6.96. The third kappa shape index (κ3) is 3.54. The zero-order valence-electron chi connectivity index (χ0n) is 12.6. The van der Waals surface area contributed by atoms with Gasteiger partial charge in [-0.25, -0.2) is 4.39 Å². The predicted octanol–water partition coefficient (Wildman–Crippen LogP) is 3.35. The van der Waals surface area contributed by atoms with Crippen LogP contribution in [0.5, 0.6) is 0 Å². The third-order valence-corrected chi connectivity index (χ3v) is 5.19. The molecule has 118 valence electrons. The quantitative estimate of drug-likeness (QED) is 0.886. The van der Waals surface area contributed by atoms with Crippen LogP contribution in [-0.2, 0) is 6.54 Å². The van der Waals surface area contributed by atoms with Gasteiger partial charge in [-0.15, -0.1) is 0 Å². The highest BCUT2D eigenvalue weighted by atomic mass is 32.2. The molecule has 1 fully saturated rings. The Hall–Kier alpha value is -1.30. The number of benzene rings is 1. The molecule has 1 saturated heterocycles. The molecule has 3 nitrogen and oxygen atoms in total. The molecular weight excluding hydrogens is 301 g/mol. The van der Waals surface area contributed by atoms with Gasteiger partial charge in [0.25, 0.3) is 0 Å². The van der Waals surface area contributed by atoms with Crippen molar-refractivity contribution in [2.75, 3.05) is 18.1 Å². The van der Waals surface area contributed by atoms with Crippen LogP contribution in [0.15, 0.2) is 34.7 Å². The molecule has 0 radical (unpaired) electrons. The van der Waals surface area contributed by atoms with Crippen LogP contribution in [0.2, 0.25) is 0 Å². The maximum absolute atomic E-state index is 13.2. The van der Waals surface area contributed by atoms with E-state index in [1.165, 1.54) is 12.1 Å². The average molecular weight is 321 g/mol. The number of hydrogen-bond donors (Lipinski definition) is 2. The molecule has 22 heavy (non-hydrogen) atoms. The standard InChI is InChI=1S/C17H20FNO2S/c1-12-8-13(18)2-4-15(12)16-5-3-14(21-16)9-19-10-17(20)6-7-22-11-17/h2-5,8,19-20H,6-7,9-11H2,1H3. The summed E-state index contributed by atoms with van der Waals surface area (Å²) in [6.07, 6.45) is 0.836. The number of furan rings is 1. The normalized spacial score (nSPS) is 21.4. The first-order valence-corrected chi connectivity index (χ1v) is 8.57. The van der Waals surface area contributed by atoms with Crippen LogP contribution in [0.3, 0.4) is 0 Å². The van der Waals surface area contributed by atoms with Crippen molar-refractivity contribution in [1.82, 2.24) is 5.32 Å². The summed E-state index contributed by atoms with van der Waals surface area (Å²) in [4.78, 5) is 0. The predicted molar refractivity (Wildman–Crippen MR) is 87.4 cm³/mol. The van der Waals surface area contributed by atoms with Crippen molar-refractivity contribution in [3.8, 4) is 11.3 Å². The number of aliphatic hydroxyl groups is 1. The minimum atomic E-state index is -0.590. The van der Waals surface area contributed by atoms with Crippen molar-refractivity contribution in [1.29, 1.82) is 0 Å². The van der Waals surface area contributed by atoms with E-state index in [2.05, 4.69) is 5.32 Å². The van der Waals surface area contributed by atoms with Crippen molar-refractivity contribution >= 4 is 11.8 Å². The van der Waals surface area contributed by atoms with Crippen LogP contribution in [0.25, 0.3) is 11.3 Å². The fraction of sp³-hybridized carbons (Fsp3) is 0.412. The van der Waals surface area contributed by atoms with Gasteiger partial charge >= 0.3 is 0 Å². The summed E-state index contributed by atoms with van der Waals surface area (Å²) in [5.41, 5.74) is 1.16. The molecule has 0 bridgehead atoms. The van der Waals surface area contributed by atoms with Crippen LogP contribution < -0.4 is 5.32 Å². The Balaban J connectivity index is 1.61. The molecular formula is C17H20FNO2S. The molecule has 1 aromatic heterocycles. The van der Waals surface area contributed by atoms with Crippen molar-refractivity contribution in [2.24, 2.45) is 0 Å². The summed E-state index contributed by atoms with van der Waals surface area (Å²) in [5, 5.41) is 13.5. The Morgan fingerprint density at radius 2 is 2.23 bits per heavy atom. The van der Waals surface area contributed by atoms with Crippen LogP contribution in [0.1, 0.15) is 17.7 Å². The van der Waals surface area contributed by atoms with E-state index in [0.29, 0.717) is 13.1 Å². The van der Waals surface area contributed by atoms with E-state index in [0.717, 1.165) is 40.6 Å². The first-order chi connectivity index (χ1) is 10.6. The molecule has 1 atom stereocenters. The van der Waals surface area contributed by atoms with Gasteiger partial charge in [-0.05, 0) is 55.0 Å². The smallest absolute Gasteiger partial charge is 0.134 e. The lowest BCUT2D eigenvalue weighted by molar-refractivity contribution is 0.0670. The summed E-state index contributed by atoms with van der Waals surface area (Å²) >= 11 is 1.79. The van der Waals surface area contributed by atoms with E-state index >= 15 is 0 Å². The van der Waals surface area contributed by atoms with E-state index in [1.807, 2.05) is 19.1 Å². The molecule has 3 rings (SSSR count).